The molecular weight excluding hydrogens is 408 g/mol. The summed E-state index contributed by atoms with van der Waals surface area (Å²) in [6.45, 7) is 0.357. The van der Waals surface area contributed by atoms with Gasteiger partial charge < -0.3 is 4.57 Å². The fraction of sp³-hybridized carbons (Fsp3) is 0.158. The van der Waals surface area contributed by atoms with Crippen molar-refractivity contribution in [1.82, 2.24) is 29.3 Å². The fourth-order valence-electron chi connectivity index (χ4n) is 3.21. The molecule has 0 unspecified atom stereocenters. The van der Waals surface area contributed by atoms with E-state index >= 15 is 0 Å². The average Bonchev–Trinajstić information content (AvgIpc) is 3.12. The van der Waals surface area contributed by atoms with Crippen LogP contribution in [0.5, 0.6) is 0 Å². The zero-order valence-corrected chi connectivity index (χ0v) is 16.8. The predicted octanol–water partition coefficient (Wildman–Crippen LogP) is -0.604. The Balaban J connectivity index is 1.64. The number of benzene rings is 1. The zero-order valence-electron chi connectivity index (χ0n) is 16.0. The number of imidazole rings is 1. The standard InChI is InChI=1S/C19H16N6O4S/c1-23-14-13(17(28)24(2)19(23)29)25(9-20-14)8-11-5-3-10(4-6-11)7-12-15(26)21-18(30)22-16(12)27/h3-7,9H,8H2,1-2H3,(H2,21,22,26,27,30). The second-order valence-electron chi connectivity index (χ2n) is 6.79. The predicted molar refractivity (Wildman–Crippen MR) is 113 cm³/mol. The Morgan fingerprint density at radius 3 is 2.27 bits per heavy atom. The number of aryl methyl sites for hydroxylation is 1. The van der Waals surface area contributed by atoms with Gasteiger partial charge in [-0.3, -0.25) is 34.2 Å². The summed E-state index contributed by atoms with van der Waals surface area (Å²) in [5.41, 5.74) is 1.27. The smallest absolute Gasteiger partial charge is 0.320 e. The minimum Gasteiger partial charge on any atom is -0.320 e. The Hall–Kier alpha value is -3.86. The van der Waals surface area contributed by atoms with Crippen molar-refractivity contribution >= 4 is 46.4 Å². The summed E-state index contributed by atoms with van der Waals surface area (Å²) >= 11 is 4.77. The lowest BCUT2D eigenvalue weighted by Crippen LogP contribution is -2.51. The van der Waals surface area contributed by atoms with Crippen LogP contribution in [0.4, 0.5) is 0 Å². The fourth-order valence-corrected chi connectivity index (χ4v) is 3.39. The Labute approximate surface area is 174 Å². The molecule has 0 spiro atoms. The first-order valence-electron chi connectivity index (χ1n) is 8.84. The molecular formula is C19H16N6O4S. The highest BCUT2D eigenvalue weighted by molar-refractivity contribution is 7.80. The second-order valence-corrected chi connectivity index (χ2v) is 7.20. The first kappa shape index (κ1) is 19.5. The zero-order chi connectivity index (χ0) is 21.6. The Kier molecular flexibility index (Phi) is 4.66. The number of nitrogens with zero attached hydrogens (tertiary/aromatic N) is 4. The van der Waals surface area contributed by atoms with Crippen LogP contribution in [0.2, 0.25) is 0 Å². The Morgan fingerprint density at radius 1 is 1.00 bits per heavy atom. The van der Waals surface area contributed by atoms with Gasteiger partial charge in [-0.1, -0.05) is 24.3 Å². The third-order valence-electron chi connectivity index (χ3n) is 4.80. The van der Waals surface area contributed by atoms with E-state index in [-0.39, 0.29) is 10.7 Å². The molecule has 0 bridgehead atoms. The van der Waals surface area contributed by atoms with Gasteiger partial charge in [-0.15, -0.1) is 0 Å². The number of rotatable bonds is 3. The molecule has 152 valence electrons. The lowest BCUT2D eigenvalue weighted by atomic mass is 10.1. The van der Waals surface area contributed by atoms with Crippen molar-refractivity contribution in [3.63, 3.8) is 0 Å². The first-order chi connectivity index (χ1) is 14.3. The van der Waals surface area contributed by atoms with E-state index < -0.39 is 23.1 Å². The molecule has 2 aromatic heterocycles. The van der Waals surface area contributed by atoms with Crippen LogP contribution in [0.3, 0.4) is 0 Å². The molecule has 1 aromatic carbocycles. The molecule has 1 fully saturated rings. The Bertz CT molecular complexity index is 1360. The number of carbonyl (C=O) groups excluding carboxylic acids is 2. The number of nitrogens with one attached hydrogen (secondary N) is 2. The van der Waals surface area contributed by atoms with Crippen LogP contribution < -0.4 is 21.9 Å². The van der Waals surface area contributed by atoms with Crippen LogP contribution in [-0.4, -0.2) is 35.6 Å². The van der Waals surface area contributed by atoms with Crippen molar-refractivity contribution < 1.29 is 9.59 Å². The number of amides is 2. The van der Waals surface area contributed by atoms with E-state index in [9.17, 15) is 19.2 Å². The summed E-state index contributed by atoms with van der Waals surface area (Å²) in [5.74, 6) is -1.11. The summed E-state index contributed by atoms with van der Waals surface area (Å²) in [7, 11) is 2.99. The molecule has 2 N–H and O–H groups in total. The maximum Gasteiger partial charge on any atom is 0.332 e. The van der Waals surface area contributed by atoms with E-state index in [1.54, 1.807) is 23.7 Å². The van der Waals surface area contributed by atoms with Crippen molar-refractivity contribution in [1.29, 1.82) is 0 Å². The highest BCUT2D eigenvalue weighted by atomic mass is 32.1. The van der Waals surface area contributed by atoms with Gasteiger partial charge in [0.1, 0.15) is 5.57 Å². The quantitative estimate of drug-likeness (QED) is 0.329. The third kappa shape index (κ3) is 3.24. The number of thiocarbonyl (C=S) groups is 1. The van der Waals surface area contributed by atoms with Gasteiger partial charge in [0.25, 0.3) is 17.4 Å². The monoisotopic (exact) mass is 424 g/mol. The van der Waals surface area contributed by atoms with Gasteiger partial charge >= 0.3 is 5.69 Å². The normalized spacial score (nSPS) is 14.1. The number of hydrogen-bond acceptors (Lipinski definition) is 6. The van der Waals surface area contributed by atoms with E-state index in [4.69, 9.17) is 12.2 Å². The van der Waals surface area contributed by atoms with Crippen molar-refractivity contribution in [3.8, 4) is 0 Å². The molecule has 4 rings (SSSR count). The minimum absolute atomic E-state index is 0.0197. The van der Waals surface area contributed by atoms with Gasteiger partial charge in [0.05, 0.1) is 6.33 Å². The second kappa shape index (κ2) is 7.19. The molecule has 0 saturated carbocycles. The molecule has 3 aromatic rings. The van der Waals surface area contributed by atoms with Crippen molar-refractivity contribution in [3.05, 3.63) is 68.1 Å². The lowest BCUT2D eigenvalue weighted by molar-refractivity contribution is -0.123. The SMILES string of the molecule is Cn1c(=O)c2c(ncn2Cc2ccc(C=C3C(=O)NC(=S)NC3=O)cc2)n(C)c1=O. The third-order valence-corrected chi connectivity index (χ3v) is 5.01. The largest absolute Gasteiger partial charge is 0.332 e. The summed E-state index contributed by atoms with van der Waals surface area (Å²) in [5, 5.41) is 4.75. The van der Waals surface area contributed by atoms with Gasteiger partial charge in [-0.05, 0) is 29.4 Å². The van der Waals surface area contributed by atoms with E-state index in [0.29, 0.717) is 23.3 Å². The van der Waals surface area contributed by atoms with Crippen molar-refractivity contribution in [2.24, 2.45) is 14.1 Å². The molecule has 0 aliphatic carbocycles. The van der Waals surface area contributed by atoms with Crippen LogP contribution >= 0.6 is 12.2 Å². The number of fused-ring (bicyclic) bond motifs is 1. The number of aromatic nitrogens is 4. The van der Waals surface area contributed by atoms with Crippen LogP contribution in [-0.2, 0) is 30.2 Å². The van der Waals surface area contributed by atoms with Crippen LogP contribution in [0, 0.1) is 0 Å². The molecule has 0 atom stereocenters. The summed E-state index contributed by atoms with van der Waals surface area (Å²) in [4.78, 5) is 52.7. The number of hydrogen-bond donors (Lipinski definition) is 2. The topological polar surface area (TPSA) is 120 Å². The highest BCUT2D eigenvalue weighted by Gasteiger charge is 2.25. The Morgan fingerprint density at radius 2 is 1.63 bits per heavy atom. The van der Waals surface area contributed by atoms with Gasteiger partial charge in [0.2, 0.25) is 0 Å². The molecule has 2 amide bonds. The van der Waals surface area contributed by atoms with Gasteiger partial charge in [-0.25, -0.2) is 9.78 Å². The molecule has 1 aliphatic heterocycles. The van der Waals surface area contributed by atoms with Crippen LogP contribution in [0.25, 0.3) is 17.2 Å². The lowest BCUT2D eigenvalue weighted by Gasteiger charge is -2.16. The van der Waals surface area contributed by atoms with E-state index in [1.807, 2.05) is 12.1 Å². The maximum atomic E-state index is 12.5. The average molecular weight is 424 g/mol. The van der Waals surface area contributed by atoms with E-state index in [1.165, 1.54) is 24.0 Å². The van der Waals surface area contributed by atoms with Crippen LogP contribution in [0.15, 0.2) is 45.8 Å². The van der Waals surface area contributed by atoms with Gasteiger partial charge in [0.15, 0.2) is 16.3 Å². The first-order valence-corrected chi connectivity index (χ1v) is 9.25. The van der Waals surface area contributed by atoms with Gasteiger partial charge in [0, 0.05) is 20.6 Å². The van der Waals surface area contributed by atoms with E-state index in [2.05, 4.69) is 15.6 Å². The highest BCUT2D eigenvalue weighted by Crippen LogP contribution is 2.14. The minimum atomic E-state index is -0.556. The van der Waals surface area contributed by atoms with Crippen molar-refractivity contribution in [2.75, 3.05) is 0 Å². The van der Waals surface area contributed by atoms with E-state index in [0.717, 1.165) is 10.1 Å². The van der Waals surface area contributed by atoms with Crippen molar-refractivity contribution in [2.45, 2.75) is 6.54 Å². The maximum absolute atomic E-state index is 12.5. The molecule has 30 heavy (non-hydrogen) atoms. The molecule has 11 heteroatoms. The molecule has 10 nitrogen and oxygen atoms in total. The molecule has 1 saturated heterocycles. The number of carbonyl (C=O) groups is 2. The van der Waals surface area contributed by atoms with Crippen LogP contribution in [0.1, 0.15) is 11.1 Å². The van der Waals surface area contributed by atoms with Gasteiger partial charge in [-0.2, -0.15) is 0 Å². The summed E-state index contributed by atoms with van der Waals surface area (Å²) in [6.07, 6.45) is 2.98. The molecule has 0 radical (unpaired) electrons. The molecule has 3 heterocycles. The molecule has 1 aliphatic rings. The summed E-state index contributed by atoms with van der Waals surface area (Å²) in [6, 6.07) is 7.13. The summed E-state index contributed by atoms with van der Waals surface area (Å²) < 4.78 is 4.05.